The van der Waals surface area contributed by atoms with Crippen LogP contribution in [0.25, 0.3) is 0 Å². The van der Waals surface area contributed by atoms with Gasteiger partial charge in [-0.15, -0.1) is 0 Å². The minimum Gasteiger partial charge on any atom is -0.325 e. The van der Waals surface area contributed by atoms with E-state index in [0.717, 1.165) is 0 Å². The maximum atomic E-state index is 12.8. The predicted molar refractivity (Wildman–Crippen MR) is 84.0 cm³/mol. The monoisotopic (exact) mass is 313 g/mol. The third-order valence-electron chi connectivity index (χ3n) is 5.64. The number of hydrogen-bond donors (Lipinski definition) is 1. The van der Waals surface area contributed by atoms with Crippen LogP contribution in [-0.4, -0.2) is 23.3 Å². The Morgan fingerprint density at radius 2 is 1.74 bits per heavy atom. The first-order valence-electron chi connectivity index (χ1n) is 7.73. The lowest BCUT2D eigenvalue weighted by Gasteiger charge is -2.33. The third-order valence-corrected chi connectivity index (χ3v) is 5.64. The number of fused-ring (bicyclic) bond motifs is 2. The number of carbonyl (C=O) groups excluding carboxylic acids is 4. The Kier molecular flexibility index (Phi) is 3.29. The summed E-state index contributed by atoms with van der Waals surface area (Å²) < 4.78 is 0. The van der Waals surface area contributed by atoms with E-state index < -0.39 is 28.3 Å². The van der Waals surface area contributed by atoms with Gasteiger partial charge in [0.25, 0.3) is 0 Å². The number of benzene rings is 1. The number of rotatable bonds is 3. The maximum Gasteiger partial charge on any atom is 0.239 e. The van der Waals surface area contributed by atoms with E-state index in [1.807, 2.05) is 13.8 Å². The van der Waals surface area contributed by atoms with Crippen LogP contribution >= 0.6 is 0 Å². The van der Waals surface area contributed by atoms with Gasteiger partial charge in [0.05, 0.1) is 0 Å². The molecule has 1 aromatic rings. The number of carbonyl (C=O) groups is 4. The average Bonchev–Trinajstić information content (AvgIpc) is 2.84. The Balaban J connectivity index is 1.90. The van der Waals surface area contributed by atoms with Crippen LogP contribution in [0.2, 0.25) is 0 Å². The molecule has 120 valence electrons. The minimum atomic E-state index is -1.27. The summed E-state index contributed by atoms with van der Waals surface area (Å²) in [6, 6.07) is 6.51. The first-order chi connectivity index (χ1) is 10.7. The number of hydrogen-bond acceptors (Lipinski definition) is 4. The number of anilines is 1. The highest BCUT2D eigenvalue weighted by molar-refractivity contribution is 6.48. The number of nitrogens with one attached hydrogen (secondary N) is 1. The van der Waals surface area contributed by atoms with E-state index in [1.54, 1.807) is 24.3 Å². The fourth-order valence-corrected chi connectivity index (χ4v) is 4.11. The predicted octanol–water partition coefficient (Wildman–Crippen LogP) is 2.40. The second-order valence-electron chi connectivity index (χ2n) is 7.00. The van der Waals surface area contributed by atoms with Crippen LogP contribution in [0.5, 0.6) is 0 Å². The highest BCUT2D eigenvalue weighted by atomic mass is 16.2. The van der Waals surface area contributed by atoms with Crippen LogP contribution in [-0.2, 0) is 14.4 Å². The van der Waals surface area contributed by atoms with E-state index in [1.165, 1.54) is 6.92 Å². The number of ketones is 3. The molecule has 0 spiro atoms. The molecular formula is C18H19NO4. The van der Waals surface area contributed by atoms with Crippen LogP contribution in [0.15, 0.2) is 24.3 Å². The fraction of sp³-hybridized carbons (Fsp3) is 0.444. The Bertz CT molecular complexity index is 732. The first-order valence-corrected chi connectivity index (χ1v) is 7.73. The van der Waals surface area contributed by atoms with Crippen molar-refractivity contribution in [3.63, 3.8) is 0 Å². The molecule has 2 unspecified atom stereocenters. The Hall–Kier alpha value is -2.30. The zero-order valence-electron chi connectivity index (χ0n) is 13.4. The summed E-state index contributed by atoms with van der Waals surface area (Å²) in [5.41, 5.74) is -0.867. The zero-order valence-corrected chi connectivity index (χ0v) is 13.4. The van der Waals surface area contributed by atoms with Gasteiger partial charge in [-0.25, -0.2) is 0 Å². The number of amides is 1. The molecule has 5 nitrogen and oxygen atoms in total. The topological polar surface area (TPSA) is 80.3 Å². The molecule has 5 heteroatoms. The van der Waals surface area contributed by atoms with E-state index in [4.69, 9.17) is 0 Å². The van der Waals surface area contributed by atoms with Crippen molar-refractivity contribution in [3.8, 4) is 0 Å². The van der Waals surface area contributed by atoms with Crippen LogP contribution in [0.4, 0.5) is 5.69 Å². The summed E-state index contributed by atoms with van der Waals surface area (Å²) in [5.74, 6) is -1.81. The molecule has 1 N–H and O–H groups in total. The van der Waals surface area contributed by atoms with Gasteiger partial charge in [-0.2, -0.15) is 0 Å². The van der Waals surface area contributed by atoms with E-state index in [-0.39, 0.29) is 11.7 Å². The smallest absolute Gasteiger partial charge is 0.239 e. The molecule has 23 heavy (non-hydrogen) atoms. The van der Waals surface area contributed by atoms with E-state index >= 15 is 0 Å². The van der Waals surface area contributed by atoms with Crippen LogP contribution < -0.4 is 5.32 Å². The number of Topliss-reactive ketones (excluding diaryl/α,β-unsaturated/α-hetero) is 3. The second-order valence-corrected chi connectivity index (χ2v) is 7.00. The van der Waals surface area contributed by atoms with Gasteiger partial charge in [0.1, 0.15) is 5.41 Å². The molecule has 2 saturated carbocycles. The average molecular weight is 313 g/mol. The molecule has 0 saturated heterocycles. The zero-order chi connectivity index (χ0) is 17.0. The fourth-order valence-electron chi connectivity index (χ4n) is 4.11. The molecule has 0 heterocycles. The molecule has 2 aliphatic rings. The molecule has 0 aliphatic heterocycles. The van der Waals surface area contributed by atoms with Gasteiger partial charge in [0, 0.05) is 17.2 Å². The van der Waals surface area contributed by atoms with Crippen molar-refractivity contribution in [1.29, 1.82) is 0 Å². The van der Waals surface area contributed by atoms with E-state index in [0.29, 0.717) is 24.1 Å². The quantitative estimate of drug-likeness (QED) is 0.528. The van der Waals surface area contributed by atoms with Gasteiger partial charge in [-0.1, -0.05) is 13.8 Å². The van der Waals surface area contributed by atoms with E-state index in [9.17, 15) is 19.2 Å². The molecule has 1 amide bonds. The Morgan fingerprint density at radius 1 is 1.13 bits per heavy atom. The van der Waals surface area contributed by atoms with Crippen molar-refractivity contribution >= 4 is 28.9 Å². The molecular weight excluding hydrogens is 294 g/mol. The summed E-state index contributed by atoms with van der Waals surface area (Å²) in [4.78, 5) is 48.6. The summed E-state index contributed by atoms with van der Waals surface area (Å²) >= 11 is 0. The van der Waals surface area contributed by atoms with Gasteiger partial charge >= 0.3 is 0 Å². The summed E-state index contributed by atoms with van der Waals surface area (Å²) in [6.07, 6.45) is 0.987. The lowest BCUT2D eigenvalue weighted by molar-refractivity contribution is -0.147. The van der Waals surface area contributed by atoms with Crippen LogP contribution in [0, 0.1) is 16.7 Å². The lowest BCUT2D eigenvalue weighted by atomic mass is 9.68. The van der Waals surface area contributed by atoms with Crippen molar-refractivity contribution in [2.75, 3.05) is 5.32 Å². The van der Waals surface area contributed by atoms with Gasteiger partial charge in [-0.3, -0.25) is 19.2 Å². The van der Waals surface area contributed by atoms with Gasteiger partial charge in [0.15, 0.2) is 5.78 Å². The highest BCUT2D eigenvalue weighted by Crippen LogP contribution is 2.62. The van der Waals surface area contributed by atoms with Crippen LogP contribution in [0.3, 0.4) is 0 Å². The van der Waals surface area contributed by atoms with Crippen molar-refractivity contribution in [1.82, 2.24) is 0 Å². The Morgan fingerprint density at radius 3 is 2.22 bits per heavy atom. The normalized spacial score (nSPS) is 28.0. The van der Waals surface area contributed by atoms with Gasteiger partial charge in [-0.05, 0) is 49.4 Å². The molecule has 0 aromatic heterocycles. The minimum absolute atomic E-state index is 0.0576. The molecule has 2 bridgehead atoms. The van der Waals surface area contributed by atoms with Crippen molar-refractivity contribution in [2.24, 2.45) is 16.7 Å². The van der Waals surface area contributed by atoms with Crippen molar-refractivity contribution < 1.29 is 19.2 Å². The van der Waals surface area contributed by atoms with Gasteiger partial charge < -0.3 is 5.32 Å². The van der Waals surface area contributed by atoms with Crippen molar-refractivity contribution in [3.05, 3.63) is 29.8 Å². The molecule has 3 rings (SSSR count). The van der Waals surface area contributed by atoms with E-state index in [2.05, 4.69) is 5.32 Å². The summed E-state index contributed by atoms with van der Waals surface area (Å²) in [7, 11) is 0. The maximum absolute atomic E-state index is 12.8. The first kappa shape index (κ1) is 15.6. The van der Waals surface area contributed by atoms with Crippen molar-refractivity contribution in [2.45, 2.75) is 33.6 Å². The molecule has 2 atom stereocenters. The van der Waals surface area contributed by atoms with Gasteiger partial charge in [0.2, 0.25) is 17.5 Å². The third kappa shape index (κ3) is 1.92. The standard InChI is InChI=1S/C18H19NO4/c1-10(20)11-4-6-12(7-5-11)19-16(23)18-9-8-13(17(18,2)3)14(21)15(18)22/h4-7,13H,8-9H2,1-3H3,(H,19,23). The molecule has 2 aliphatic carbocycles. The summed E-state index contributed by atoms with van der Waals surface area (Å²) in [5, 5.41) is 2.75. The molecule has 0 radical (unpaired) electrons. The molecule has 1 aromatic carbocycles. The second kappa shape index (κ2) is 4.85. The van der Waals surface area contributed by atoms with Crippen LogP contribution in [0.1, 0.15) is 44.0 Å². The SMILES string of the molecule is CC(=O)c1ccc(NC(=O)C23CCC(C(=O)C2=O)C3(C)C)cc1. The largest absolute Gasteiger partial charge is 0.325 e. The lowest BCUT2D eigenvalue weighted by Crippen LogP contribution is -2.47. The highest BCUT2D eigenvalue weighted by Gasteiger charge is 2.72. The summed E-state index contributed by atoms with van der Waals surface area (Å²) in [6.45, 7) is 5.12. The Labute approximate surface area is 134 Å². The molecule has 2 fully saturated rings.